The number of carbonyl (C=O) groups is 1. The summed E-state index contributed by atoms with van der Waals surface area (Å²) in [6, 6.07) is 15.7. The lowest BCUT2D eigenvalue weighted by Crippen LogP contribution is -2.42. The van der Waals surface area contributed by atoms with Crippen LogP contribution in [0.5, 0.6) is 0 Å². The Labute approximate surface area is 151 Å². The molecule has 0 saturated heterocycles. The Kier molecular flexibility index (Phi) is 4.29. The molecule has 3 aromatic rings. The van der Waals surface area contributed by atoms with E-state index in [1.54, 1.807) is 10.7 Å². The third kappa shape index (κ3) is 2.90. The van der Waals surface area contributed by atoms with Crippen LogP contribution >= 0.6 is 0 Å². The number of hydrogen-bond donors (Lipinski definition) is 0. The lowest BCUT2D eigenvalue weighted by molar-refractivity contribution is -0.119. The third-order valence-electron chi connectivity index (χ3n) is 5.09. The molecule has 0 radical (unpaired) electrons. The molecule has 5 heteroatoms. The zero-order valence-corrected chi connectivity index (χ0v) is 14.8. The maximum atomic E-state index is 13.0. The molecule has 1 aliphatic heterocycles. The average Bonchev–Trinajstić information content (AvgIpc) is 2.67. The predicted octanol–water partition coefficient (Wildman–Crippen LogP) is 3.15. The first kappa shape index (κ1) is 16.5. The summed E-state index contributed by atoms with van der Waals surface area (Å²) in [6.07, 6.45) is 3.65. The van der Waals surface area contributed by atoms with Crippen LogP contribution in [-0.4, -0.2) is 21.7 Å². The summed E-state index contributed by atoms with van der Waals surface area (Å²) < 4.78 is 1.75. The van der Waals surface area contributed by atoms with Gasteiger partial charge in [-0.1, -0.05) is 30.3 Å². The van der Waals surface area contributed by atoms with Gasteiger partial charge in [-0.3, -0.25) is 14.3 Å². The van der Waals surface area contributed by atoms with Crippen molar-refractivity contribution in [3.8, 4) is 0 Å². The minimum absolute atomic E-state index is 0.0919. The molecule has 0 bridgehead atoms. The average molecular weight is 347 g/mol. The van der Waals surface area contributed by atoms with Crippen LogP contribution in [-0.2, 0) is 17.8 Å². The van der Waals surface area contributed by atoms with Crippen LogP contribution < -0.4 is 10.3 Å². The molecule has 4 rings (SSSR count). The Morgan fingerprint density at radius 1 is 1.15 bits per heavy atom. The van der Waals surface area contributed by atoms with Gasteiger partial charge in [-0.15, -0.1) is 0 Å². The molecule has 1 aliphatic rings. The third-order valence-corrected chi connectivity index (χ3v) is 5.09. The number of amides is 1. The van der Waals surface area contributed by atoms with Crippen LogP contribution in [0.2, 0.25) is 0 Å². The molecule has 0 spiro atoms. The van der Waals surface area contributed by atoms with Gasteiger partial charge in [-0.05, 0) is 43.5 Å². The van der Waals surface area contributed by atoms with E-state index in [2.05, 4.69) is 18.1 Å². The largest absolute Gasteiger partial charge is 0.309 e. The zero-order valence-electron chi connectivity index (χ0n) is 14.8. The molecule has 2 heterocycles. The maximum Gasteiger partial charge on any atom is 0.229 e. The van der Waals surface area contributed by atoms with Crippen LogP contribution in [0.4, 0.5) is 5.69 Å². The number of fused-ring (bicyclic) bond motifs is 2. The van der Waals surface area contributed by atoms with E-state index in [4.69, 9.17) is 0 Å². The Bertz CT molecular complexity index is 1020. The molecule has 5 nitrogen and oxygen atoms in total. The van der Waals surface area contributed by atoms with E-state index in [0.717, 1.165) is 24.0 Å². The lowest BCUT2D eigenvalue weighted by Gasteiger charge is -2.35. The van der Waals surface area contributed by atoms with Crippen molar-refractivity contribution >= 4 is 22.5 Å². The van der Waals surface area contributed by atoms with E-state index >= 15 is 0 Å². The standard InChI is InChI=1S/C21H21N3O2/c1-15-10-11-16-6-2-4-8-18(16)24(15)21(26)12-13-23-19-9-5-3-7-17(19)20(25)14-22-23/h2-9,14-15H,10-13H2,1H3/t15-/m0/s1. The van der Waals surface area contributed by atoms with Gasteiger partial charge in [0, 0.05) is 23.5 Å². The van der Waals surface area contributed by atoms with Crippen molar-refractivity contribution in [2.75, 3.05) is 4.90 Å². The van der Waals surface area contributed by atoms with Crippen LogP contribution in [0.25, 0.3) is 10.9 Å². The molecule has 0 unspecified atom stereocenters. The van der Waals surface area contributed by atoms with E-state index in [1.807, 2.05) is 41.3 Å². The van der Waals surface area contributed by atoms with Crippen molar-refractivity contribution in [3.05, 3.63) is 70.5 Å². The molecular weight excluding hydrogens is 326 g/mol. The summed E-state index contributed by atoms with van der Waals surface area (Å²) in [4.78, 5) is 26.8. The van der Waals surface area contributed by atoms with Crippen molar-refractivity contribution < 1.29 is 4.79 Å². The zero-order chi connectivity index (χ0) is 18.1. The highest BCUT2D eigenvalue weighted by Gasteiger charge is 2.27. The monoisotopic (exact) mass is 347 g/mol. The number of hydrogen-bond acceptors (Lipinski definition) is 3. The van der Waals surface area contributed by atoms with Crippen molar-refractivity contribution in [1.82, 2.24) is 9.78 Å². The minimum Gasteiger partial charge on any atom is -0.309 e. The van der Waals surface area contributed by atoms with Gasteiger partial charge in [-0.2, -0.15) is 5.10 Å². The summed E-state index contributed by atoms with van der Waals surface area (Å²) in [7, 11) is 0. The van der Waals surface area contributed by atoms with Crippen LogP contribution in [0.15, 0.2) is 59.5 Å². The molecule has 0 aliphatic carbocycles. The van der Waals surface area contributed by atoms with E-state index in [-0.39, 0.29) is 17.4 Å². The SMILES string of the molecule is C[C@H]1CCc2ccccc2N1C(=O)CCn1ncc(=O)c2ccccc21. The number of rotatable bonds is 3. The number of para-hydroxylation sites is 2. The second-order valence-corrected chi connectivity index (χ2v) is 6.78. The van der Waals surface area contributed by atoms with Crippen LogP contribution in [0.3, 0.4) is 0 Å². The summed E-state index contributed by atoms with van der Waals surface area (Å²) in [6.45, 7) is 2.55. The number of benzene rings is 2. The van der Waals surface area contributed by atoms with Gasteiger partial charge in [0.25, 0.3) is 0 Å². The molecule has 1 atom stereocenters. The van der Waals surface area contributed by atoms with Gasteiger partial charge in [0.05, 0.1) is 18.3 Å². The highest BCUT2D eigenvalue weighted by atomic mass is 16.2. The Morgan fingerprint density at radius 3 is 2.81 bits per heavy atom. The summed E-state index contributed by atoms with van der Waals surface area (Å²) in [5.41, 5.74) is 2.92. The van der Waals surface area contributed by atoms with Crippen LogP contribution in [0.1, 0.15) is 25.3 Å². The second-order valence-electron chi connectivity index (χ2n) is 6.78. The fraction of sp³-hybridized carbons (Fsp3) is 0.286. The topological polar surface area (TPSA) is 55.2 Å². The molecule has 2 aromatic carbocycles. The van der Waals surface area contributed by atoms with Crippen LogP contribution in [0, 0.1) is 0 Å². The van der Waals surface area contributed by atoms with Gasteiger partial charge in [0.2, 0.25) is 11.3 Å². The molecule has 0 saturated carbocycles. The van der Waals surface area contributed by atoms with Gasteiger partial charge in [0.1, 0.15) is 0 Å². The first-order valence-corrected chi connectivity index (χ1v) is 9.00. The quantitative estimate of drug-likeness (QED) is 0.731. The van der Waals surface area contributed by atoms with Crippen molar-refractivity contribution in [2.45, 2.75) is 38.8 Å². The summed E-state index contributed by atoms with van der Waals surface area (Å²) >= 11 is 0. The van der Waals surface area contributed by atoms with Crippen molar-refractivity contribution in [1.29, 1.82) is 0 Å². The second kappa shape index (κ2) is 6.75. The molecule has 26 heavy (non-hydrogen) atoms. The fourth-order valence-electron chi connectivity index (χ4n) is 3.73. The molecular formula is C21H21N3O2. The van der Waals surface area contributed by atoms with Gasteiger partial charge in [-0.25, -0.2) is 0 Å². The number of aromatic nitrogens is 2. The van der Waals surface area contributed by atoms with Crippen molar-refractivity contribution in [3.63, 3.8) is 0 Å². The fourth-order valence-corrected chi connectivity index (χ4v) is 3.73. The minimum atomic E-state index is -0.0956. The van der Waals surface area contributed by atoms with Crippen molar-refractivity contribution in [2.24, 2.45) is 0 Å². The highest BCUT2D eigenvalue weighted by Crippen LogP contribution is 2.31. The lowest BCUT2D eigenvalue weighted by atomic mass is 9.96. The molecule has 0 fully saturated rings. The van der Waals surface area contributed by atoms with E-state index in [9.17, 15) is 9.59 Å². The number of carbonyl (C=O) groups excluding carboxylic acids is 1. The number of anilines is 1. The first-order valence-electron chi connectivity index (χ1n) is 9.00. The predicted molar refractivity (Wildman–Crippen MR) is 102 cm³/mol. The first-order chi connectivity index (χ1) is 12.6. The summed E-state index contributed by atoms with van der Waals surface area (Å²) in [5.74, 6) is 0.0919. The number of aryl methyl sites for hydroxylation is 2. The van der Waals surface area contributed by atoms with Gasteiger partial charge < -0.3 is 4.90 Å². The molecule has 1 aromatic heterocycles. The van der Waals surface area contributed by atoms with Gasteiger partial charge >= 0.3 is 0 Å². The Hall–Kier alpha value is -2.95. The summed E-state index contributed by atoms with van der Waals surface area (Å²) in [5, 5.41) is 4.85. The van der Waals surface area contributed by atoms with E-state index in [1.165, 1.54) is 11.8 Å². The smallest absolute Gasteiger partial charge is 0.229 e. The van der Waals surface area contributed by atoms with E-state index < -0.39 is 0 Å². The highest BCUT2D eigenvalue weighted by molar-refractivity contribution is 5.95. The van der Waals surface area contributed by atoms with E-state index in [0.29, 0.717) is 18.4 Å². The Morgan fingerprint density at radius 2 is 1.92 bits per heavy atom. The maximum absolute atomic E-state index is 13.0. The Balaban J connectivity index is 1.59. The molecule has 1 amide bonds. The number of nitrogens with zero attached hydrogens (tertiary/aromatic N) is 3. The normalized spacial score (nSPS) is 16.5. The molecule has 132 valence electrons. The van der Waals surface area contributed by atoms with Gasteiger partial charge in [0.15, 0.2) is 0 Å². The molecule has 0 N–H and O–H groups in total.